The van der Waals surface area contributed by atoms with Gasteiger partial charge in [0.15, 0.2) is 0 Å². The Morgan fingerprint density at radius 1 is 1.32 bits per heavy atom. The molecular weight excluding hydrogens is 242 g/mol. The predicted octanol–water partition coefficient (Wildman–Crippen LogP) is 1.21. The molecule has 0 aliphatic rings. The summed E-state index contributed by atoms with van der Waals surface area (Å²) >= 11 is 0. The van der Waals surface area contributed by atoms with E-state index in [1.165, 1.54) is 17.3 Å². The van der Waals surface area contributed by atoms with Gasteiger partial charge in [-0.15, -0.1) is 0 Å². The molecule has 94 valence electrons. The van der Waals surface area contributed by atoms with Gasteiger partial charge in [0, 0.05) is 12.7 Å². The second-order valence-corrected chi connectivity index (χ2v) is 3.85. The number of nitrogens with two attached hydrogens (primary N) is 1. The van der Waals surface area contributed by atoms with Crippen LogP contribution in [-0.4, -0.2) is 22.9 Å². The highest BCUT2D eigenvalue weighted by Crippen LogP contribution is 2.15. The van der Waals surface area contributed by atoms with E-state index in [9.17, 15) is 4.79 Å². The number of nitriles is 1. The van der Waals surface area contributed by atoms with E-state index in [1.54, 1.807) is 31.3 Å². The van der Waals surface area contributed by atoms with Gasteiger partial charge in [-0.3, -0.25) is 9.78 Å². The fraction of sp³-hybridized carbons (Fsp3) is 0.0769. The molecular formula is C13H11N5O. The van der Waals surface area contributed by atoms with Gasteiger partial charge in [-0.2, -0.15) is 5.26 Å². The molecule has 2 N–H and O–H groups in total. The summed E-state index contributed by atoms with van der Waals surface area (Å²) in [6.07, 6.45) is 2.73. The molecule has 0 unspecified atom stereocenters. The highest BCUT2D eigenvalue weighted by molar-refractivity contribution is 6.04. The summed E-state index contributed by atoms with van der Waals surface area (Å²) in [6, 6.07) is 8.69. The van der Waals surface area contributed by atoms with E-state index >= 15 is 0 Å². The Balaban J connectivity index is 2.26. The Bertz CT molecular complexity index is 645. The maximum absolute atomic E-state index is 12.2. The van der Waals surface area contributed by atoms with Gasteiger partial charge in [0.1, 0.15) is 11.5 Å². The number of aromatic nitrogens is 2. The Hall–Kier alpha value is -2.94. The van der Waals surface area contributed by atoms with Crippen molar-refractivity contribution in [3.63, 3.8) is 0 Å². The Labute approximate surface area is 110 Å². The van der Waals surface area contributed by atoms with Crippen LogP contribution in [0.3, 0.4) is 0 Å². The average Bonchev–Trinajstić information content (AvgIpc) is 2.46. The summed E-state index contributed by atoms with van der Waals surface area (Å²) in [5.74, 6) is -0.122. The number of carbonyl (C=O) groups is 1. The lowest BCUT2D eigenvalue weighted by atomic mass is 10.2. The fourth-order valence-corrected chi connectivity index (χ4v) is 1.53. The molecule has 6 nitrogen and oxygen atoms in total. The number of benzene rings is 1. The minimum Gasteiger partial charge on any atom is -0.382 e. The maximum Gasteiger partial charge on any atom is 0.278 e. The van der Waals surface area contributed by atoms with Crippen molar-refractivity contribution in [1.29, 1.82) is 5.26 Å². The van der Waals surface area contributed by atoms with Crippen molar-refractivity contribution in [3.05, 3.63) is 47.9 Å². The van der Waals surface area contributed by atoms with E-state index in [0.29, 0.717) is 11.3 Å². The summed E-state index contributed by atoms with van der Waals surface area (Å²) in [7, 11) is 1.62. The largest absolute Gasteiger partial charge is 0.382 e. The average molecular weight is 253 g/mol. The van der Waals surface area contributed by atoms with Crippen molar-refractivity contribution >= 4 is 17.4 Å². The maximum atomic E-state index is 12.2. The third kappa shape index (κ3) is 2.66. The minimum atomic E-state index is -0.315. The lowest BCUT2D eigenvalue weighted by Gasteiger charge is -2.16. The highest BCUT2D eigenvalue weighted by Gasteiger charge is 2.15. The molecule has 2 aromatic rings. The van der Waals surface area contributed by atoms with E-state index < -0.39 is 0 Å². The number of anilines is 2. The smallest absolute Gasteiger partial charge is 0.278 e. The van der Waals surface area contributed by atoms with E-state index in [2.05, 4.69) is 9.97 Å². The van der Waals surface area contributed by atoms with Gasteiger partial charge in [-0.25, -0.2) is 4.98 Å². The van der Waals surface area contributed by atoms with Crippen LogP contribution in [0.5, 0.6) is 0 Å². The van der Waals surface area contributed by atoms with Crippen molar-refractivity contribution in [2.24, 2.45) is 0 Å². The number of hydrogen-bond acceptors (Lipinski definition) is 5. The summed E-state index contributed by atoms with van der Waals surface area (Å²) in [5, 5.41) is 8.72. The van der Waals surface area contributed by atoms with Crippen molar-refractivity contribution in [2.75, 3.05) is 17.7 Å². The first kappa shape index (κ1) is 12.5. The third-order valence-corrected chi connectivity index (χ3v) is 2.56. The normalized spacial score (nSPS) is 9.68. The number of hydrogen-bond donors (Lipinski definition) is 1. The zero-order valence-electron chi connectivity index (χ0n) is 10.2. The molecule has 0 spiro atoms. The SMILES string of the molecule is CN(C(=O)c1cncc(N)n1)c1ccc(C#N)cc1. The summed E-state index contributed by atoms with van der Waals surface area (Å²) in [6.45, 7) is 0. The quantitative estimate of drug-likeness (QED) is 0.867. The van der Waals surface area contributed by atoms with Crippen molar-refractivity contribution in [1.82, 2.24) is 9.97 Å². The van der Waals surface area contributed by atoms with Crippen LogP contribution in [0.2, 0.25) is 0 Å². The monoisotopic (exact) mass is 253 g/mol. The molecule has 0 aliphatic heterocycles. The molecule has 0 bridgehead atoms. The Morgan fingerprint density at radius 3 is 2.58 bits per heavy atom. The summed E-state index contributed by atoms with van der Waals surface area (Å²) in [5.41, 5.74) is 6.86. The van der Waals surface area contributed by atoms with Gasteiger partial charge in [0.2, 0.25) is 0 Å². The van der Waals surface area contributed by atoms with E-state index in [4.69, 9.17) is 11.0 Å². The lowest BCUT2D eigenvalue weighted by molar-refractivity contribution is 0.0988. The van der Waals surface area contributed by atoms with E-state index in [1.807, 2.05) is 6.07 Å². The van der Waals surface area contributed by atoms with Crippen molar-refractivity contribution < 1.29 is 4.79 Å². The molecule has 1 amide bonds. The molecule has 0 saturated carbocycles. The predicted molar refractivity (Wildman–Crippen MR) is 70.3 cm³/mol. The first-order valence-electron chi connectivity index (χ1n) is 5.47. The van der Waals surface area contributed by atoms with Crippen LogP contribution in [0.1, 0.15) is 16.1 Å². The number of amides is 1. The van der Waals surface area contributed by atoms with E-state index in [-0.39, 0.29) is 17.4 Å². The van der Waals surface area contributed by atoms with Gasteiger partial charge >= 0.3 is 0 Å². The molecule has 19 heavy (non-hydrogen) atoms. The van der Waals surface area contributed by atoms with Gasteiger partial charge in [-0.1, -0.05) is 0 Å². The number of nitrogen functional groups attached to an aromatic ring is 1. The molecule has 0 saturated heterocycles. The van der Waals surface area contributed by atoms with Gasteiger partial charge in [0.05, 0.1) is 24.0 Å². The molecule has 0 fully saturated rings. The van der Waals surface area contributed by atoms with Crippen LogP contribution in [-0.2, 0) is 0 Å². The standard InChI is InChI=1S/C13H11N5O/c1-18(10-4-2-9(6-14)3-5-10)13(19)11-7-16-8-12(15)17-11/h2-5,7-8H,1H3,(H2,15,17). The minimum absolute atomic E-state index is 0.173. The topological polar surface area (TPSA) is 95.9 Å². The highest BCUT2D eigenvalue weighted by atomic mass is 16.2. The molecule has 1 heterocycles. The first-order chi connectivity index (χ1) is 9.11. The second-order valence-electron chi connectivity index (χ2n) is 3.85. The van der Waals surface area contributed by atoms with Crippen LogP contribution < -0.4 is 10.6 Å². The van der Waals surface area contributed by atoms with Gasteiger partial charge < -0.3 is 10.6 Å². The van der Waals surface area contributed by atoms with Crippen LogP contribution >= 0.6 is 0 Å². The Morgan fingerprint density at radius 2 is 2.00 bits per heavy atom. The molecule has 1 aromatic carbocycles. The molecule has 6 heteroatoms. The lowest BCUT2D eigenvalue weighted by Crippen LogP contribution is -2.27. The van der Waals surface area contributed by atoms with E-state index in [0.717, 1.165) is 0 Å². The molecule has 1 aromatic heterocycles. The van der Waals surface area contributed by atoms with Crippen LogP contribution in [0.25, 0.3) is 0 Å². The van der Waals surface area contributed by atoms with Crippen LogP contribution in [0.15, 0.2) is 36.7 Å². The second kappa shape index (κ2) is 5.14. The molecule has 0 aliphatic carbocycles. The third-order valence-electron chi connectivity index (χ3n) is 2.56. The van der Waals surface area contributed by atoms with Crippen molar-refractivity contribution in [3.8, 4) is 6.07 Å². The molecule has 0 atom stereocenters. The molecule has 2 rings (SSSR count). The number of rotatable bonds is 2. The first-order valence-corrected chi connectivity index (χ1v) is 5.47. The Kier molecular flexibility index (Phi) is 3.39. The van der Waals surface area contributed by atoms with Gasteiger partial charge in [-0.05, 0) is 24.3 Å². The van der Waals surface area contributed by atoms with Crippen molar-refractivity contribution in [2.45, 2.75) is 0 Å². The number of carbonyl (C=O) groups excluding carboxylic acids is 1. The van der Waals surface area contributed by atoms with Gasteiger partial charge in [0.25, 0.3) is 5.91 Å². The fourth-order valence-electron chi connectivity index (χ4n) is 1.53. The zero-order chi connectivity index (χ0) is 13.8. The van der Waals surface area contributed by atoms with Crippen LogP contribution in [0.4, 0.5) is 11.5 Å². The zero-order valence-corrected chi connectivity index (χ0v) is 10.2. The number of nitrogens with zero attached hydrogens (tertiary/aromatic N) is 4. The molecule has 0 radical (unpaired) electrons. The summed E-state index contributed by atoms with van der Waals surface area (Å²) in [4.78, 5) is 21.3. The van der Waals surface area contributed by atoms with Crippen LogP contribution in [0, 0.1) is 11.3 Å². The summed E-state index contributed by atoms with van der Waals surface area (Å²) < 4.78 is 0.